The van der Waals surface area contributed by atoms with Gasteiger partial charge in [-0.25, -0.2) is 0 Å². The lowest BCUT2D eigenvalue weighted by atomic mass is 9.89. The minimum atomic E-state index is -1.29. The first kappa shape index (κ1) is 18.9. The van der Waals surface area contributed by atoms with E-state index < -0.39 is 11.4 Å². The molecule has 27 heavy (non-hydrogen) atoms. The van der Waals surface area contributed by atoms with E-state index in [-0.39, 0.29) is 5.91 Å². The molecule has 1 N–H and O–H groups in total. The number of likely N-dealkylation sites (tertiary alicyclic amines) is 2. The van der Waals surface area contributed by atoms with Crippen LogP contribution in [0, 0.1) is 6.92 Å². The third kappa shape index (κ3) is 4.04. The van der Waals surface area contributed by atoms with Gasteiger partial charge in [0.25, 0.3) is 5.91 Å². The minimum absolute atomic E-state index is 0.135. The monoisotopic (exact) mass is 374 g/mol. The fourth-order valence-electron chi connectivity index (χ4n) is 4.60. The van der Waals surface area contributed by atoms with Crippen LogP contribution in [0.3, 0.4) is 0 Å². The summed E-state index contributed by atoms with van der Waals surface area (Å²) in [4.78, 5) is 17.1. The highest BCUT2D eigenvalue weighted by Gasteiger charge is 2.46. The van der Waals surface area contributed by atoms with Crippen LogP contribution in [0.5, 0.6) is 0 Å². The number of hydrogen-bond donors (Lipinski definition) is 1. The molecule has 3 fully saturated rings. The number of ether oxygens (including phenoxy) is 2. The zero-order valence-electron chi connectivity index (χ0n) is 16.2. The van der Waals surface area contributed by atoms with Gasteiger partial charge in [-0.15, -0.1) is 0 Å². The number of piperidine rings is 2. The van der Waals surface area contributed by atoms with Crippen LogP contribution in [0.15, 0.2) is 24.3 Å². The van der Waals surface area contributed by atoms with Crippen molar-refractivity contribution in [2.24, 2.45) is 0 Å². The maximum absolute atomic E-state index is 13.1. The van der Waals surface area contributed by atoms with Gasteiger partial charge in [-0.2, -0.15) is 0 Å². The molecule has 6 nitrogen and oxygen atoms in total. The van der Waals surface area contributed by atoms with Crippen molar-refractivity contribution in [2.45, 2.75) is 50.5 Å². The molecule has 1 aromatic rings. The molecule has 3 aliphatic rings. The topological polar surface area (TPSA) is 62.2 Å². The van der Waals surface area contributed by atoms with Crippen LogP contribution in [0.4, 0.5) is 0 Å². The fraction of sp³-hybridized carbons (Fsp3) is 0.667. The lowest BCUT2D eigenvalue weighted by Crippen LogP contribution is -2.59. The number of aliphatic hydroxyl groups is 1. The van der Waals surface area contributed by atoms with Crippen LogP contribution < -0.4 is 0 Å². The number of rotatable bonds is 4. The molecule has 0 aliphatic carbocycles. The molecule has 0 aromatic heterocycles. The van der Waals surface area contributed by atoms with E-state index in [0.29, 0.717) is 39.3 Å². The average molecular weight is 374 g/mol. The van der Waals surface area contributed by atoms with Crippen molar-refractivity contribution in [3.05, 3.63) is 35.4 Å². The summed E-state index contributed by atoms with van der Waals surface area (Å²) < 4.78 is 11.5. The van der Waals surface area contributed by atoms with E-state index in [9.17, 15) is 9.90 Å². The quantitative estimate of drug-likeness (QED) is 0.869. The Labute approximate surface area is 161 Å². The Morgan fingerprint density at radius 2 is 1.85 bits per heavy atom. The van der Waals surface area contributed by atoms with Gasteiger partial charge >= 0.3 is 0 Å². The number of carbonyl (C=O) groups excluding carboxylic acids is 1. The summed E-state index contributed by atoms with van der Waals surface area (Å²) in [6.45, 7) is 6.62. The van der Waals surface area contributed by atoms with Crippen molar-refractivity contribution in [3.8, 4) is 0 Å². The highest BCUT2D eigenvalue weighted by molar-refractivity contribution is 5.86. The second kappa shape index (κ2) is 7.51. The Kier molecular flexibility index (Phi) is 5.25. The van der Waals surface area contributed by atoms with Crippen molar-refractivity contribution < 1.29 is 19.4 Å². The molecule has 0 radical (unpaired) electrons. The van der Waals surface area contributed by atoms with Crippen molar-refractivity contribution >= 4 is 5.91 Å². The first-order valence-electron chi connectivity index (χ1n) is 10.1. The van der Waals surface area contributed by atoms with Gasteiger partial charge in [0.15, 0.2) is 11.4 Å². The Morgan fingerprint density at radius 3 is 2.56 bits per heavy atom. The molecule has 3 heterocycles. The van der Waals surface area contributed by atoms with E-state index in [1.54, 1.807) is 0 Å². The van der Waals surface area contributed by atoms with E-state index in [1.165, 1.54) is 5.56 Å². The number of hydrogen-bond acceptors (Lipinski definition) is 5. The smallest absolute Gasteiger partial charge is 0.256 e. The summed E-state index contributed by atoms with van der Waals surface area (Å²) in [5, 5.41) is 11.2. The number of amides is 1. The third-order valence-electron chi connectivity index (χ3n) is 6.08. The second-order valence-electron chi connectivity index (χ2n) is 8.23. The van der Waals surface area contributed by atoms with E-state index in [1.807, 2.05) is 17.0 Å². The highest BCUT2D eigenvalue weighted by atomic mass is 16.7. The predicted molar refractivity (Wildman–Crippen MR) is 101 cm³/mol. The minimum Gasteiger partial charge on any atom is -0.379 e. The van der Waals surface area contributed by atoms with Gasteiger partial charge in [-0.3, -0.25) is 9.69 Å². The number of carbonyl (C=O) groups is 1. The van der Waals surface area contributed by atoms with Crippen LogP contribution in [0.1, 0.15) is 36.8 Å². The largest absolute Gasteiger partial charge is 0.379 e. The molecule has 1 amide bonds. The van der Waals surface area contributed by atoms with Gasteiger partial charge < -0.3 is 19.5 Å². The predicted octanol–water partition coefficient (Wildman–Crippen LogP) is 1.69. The normalized spacial score (nSPS) is 28.8. The molecule has 1 spiro atoms. The lowest BCUT2D eigenvalue weighted by Gasteiger charge is -2.43. The molecule has 0 unspecified atom stereocenters. The Morgan fingerprint density at radius 1 is 1.11 bits per heavy atom. The summed E-state index contributed by atoms with van der Waals surface area (Å²) >= 11 is 0. The zero-order valence-corrected chi connectivity index (χ0v) is 16.2. The van der Waals surface area contributed by atoms with Gasteiger partial charge in [-0.05, 0) is 25.3 Å². The van der Waals surface area contributed by atoms with E-state index in [2.05, 4.69) is 24.0 Å². The highest BCUT2D eigenvalue weighted by Crippen LogP contribution is 2.33. The summed E-state index contributed by atoms with van der Waals surface area (Å²) in [5.41, 5.74) is 1.01. The summed E-state index contributed by atoms with van der Waals surface area (Å²) in [6, 6.07) is 8.22. The van der Waals surface area contributed by atoms with E-state index in [4.69, 9.17) is 9.47 Å². The molecule has 4 rings (SSSR count). The summed E-state index contributed by atoms with van der Waals surface area (Å²) in [5.74, 6) is -0.559. The van der Waals surface area contributed by atoms with Crippen LogP contribution in [-0.4, -0.2) is 71.6 Å². The third-order valence-corrected chi connectivity index (χ3v) is 6.08. The van der Waals surface area contributed by atoms with Gasteiger partial charge in [0.1, 0.15) is 0 Å². The number of nitrogens with zero attached hydrogens (tertiary/aromatic N) is 2. The molecule has 0 saturated carbocycles. The van der Waals surface area contributed by atoms with Crippen LogP contribution in [0.2, 0.25) is 0 Å². The molecule has 1 aromatic carbocycles. The molecular weight excluding hydrogens is 344 g/mol. The average Bonchev–Trinajstić information content (AvgIpc) is 3.10. The maximum Gasteiger partial charge on any atom is 0.256 e. The van der Waals surface area contributed by atoms with E-state index >= 15 is 0 Å². The van der Waals surface area contributed by atoms with Gasteiger partial charge in [0.05, 0.1) is 13.2 Å². The van der Waals surface area contributed by atoms with E-state index in [0.717, 1.165) is 37.9 Å². The van der Waals surface area contributed by atoms with Gasteiger partial charge in [0.2, 0.25) is 0 Å². The molecule has 1 atom stereocenters. The maximum atomic E-state index is 13.1. The first-order valence-corrected chi connectivity index (χ1v) is 10.1. The van der Waals surface area contributed by atoms with Crippen LogP contribution >= 0.6 is 0 Å². The molecule has 3 aliphatic heterocycles. The molecule has 0 bridgehead atoms. The Balaban J connectivity index is 1.37. The van der Waals surface area contributed by atoms with Crippen molar-refractivity contribution in [1.29, 1.82) is 0 Å². The van der Waals surface area contributed by atoms with Crippen molar-refractivity contribution in [1.82, 2.24) is 9.80 Å². The summed E-state index contributed by atoms with van der Waals surface area (Å²) in [7, 11) is 0. The zero-order chi connectivity index (χ0) is 18.9. The molecule has 3 saturated heterocycles. The lowest BCUT2D eigenvalue weighted by molar-refractivity contribution is -0.190. The Hall–Kier alpha value is -1.47. The Bertz CT molecular complexity index is 679. The van der Waals surface area contributed by atoms with Gasteiger partial charge in [0, 0.05) is 45.6 Å². The fourth-order valence-corrected chi connectivity index (χ4v) is 4.60. The molecule has 148 valence electrons. The second-order valence-corrected chi connectivity index (χ2v) is 8.23. The first-order chi connectivity index (χ1) is 13.0. The van der Waals surface area contributed by atoms with Gasteiger partial charge in [-0.1, -0.05) is 29.8 Å². The van der Waals surface area contributed by atoms with Crippen molar-refractivity contribution in [3.63, 3.8) is 0 Å². The number of benzene rings is 1. The van der Waals surface area contributed by atoms with Crippen molar-refractivity contribution in [2.75, 3.05) is 39.4 Å². The van der Waals surface area contributed by atoms with Crippen LogP contribution in [-0.2, 0) is 20.8 Å². The SMILES string of the molecule is Cc1cccc(CN2CCC[C@@](O)(CN3CCC4(CC3)OCCO4)C2=O)c1. The summed E-state index contributed by atoms with van der Waals surface area (Å²) in [6.07, 6.45) is 2.96. The number of aryl methyl sites for hydroxylation is 1. The standard InChI is InChI=1S/C21H30N2O4/c1-17-4-2-5-18(14-17)15-23-9-3-6-20(25,19(23)24)16-22-10-7-21(8-11-22)26-12-13-27-21/h2,4-5,14,25H,3,6-13,15-16H2,1H3/t20-/m1/s1. The van der Waals surface area contributed by atoms with Crippen LogP contribution in [0.25, 0.3) is 0 Å². The molecule has 6 heteroatoms. The number of β-amino-alcohol motifs (C(OH)–C–C–N with tert-alkyl or cyclic N) is 1. The molecular formula is C21H30N2O4.